The molecule has 0 saturated carbocycles. The fraction of sp³-hybridized carbons (Fsp3) is 0.133. The summed E-state index contributed by atoms with van der Waals surface area (Å²) in [7, 11) is 0. The molecule has 0 radical (unpaired) electrons. The van der Waals surface area contributed by atoms with E-state index in [0.29, 0.717) is 0 Å². The third kappa shape index (κ3) is 2.12. The largest absolute Gasteiger partial charge is 0.383 e. The Hall–Kier alpha value is -1.80. The van der Waals surface area contributed by atoms with Gasteiger partial charge in [0, 0.05) is 28.4 Å². The summed E-state index contributed by atoms with van der Waals surface area (Å²) in [6.07, 6.45) is 0. The first-order valence-corrected chi connectivity index (χ1v) is 6.36. The van der Waals surface area contributed by atoms with Gasteiger partial charge in [-0.2, -0.15) is 0 Å². The summed E-state index contributed by atoms with van der Waals surface area (Å²) in [5, 5.41) is 4.12. The van der Waals surface area contributed by atoms with Crippen LogP contribution in [0.5, 0.6) is 0 Å². The Morgan fingerprint density at radius 2 is 1.89 bits per heavy atom. The highest BCUT2D eigenvalue weighted by molar-refractivity contribution is 6.31. The van der Waals surface area contributed by atoms with Gasteiger partial charge in [0.25, 0.3) is 0 Å². The number of fused-ring (bicyclic) bond motifs is 1. The van der Waals surface area contributed by atoms with E-state index >= 15 is 0 Å². The van der Waals surface area contributed by atoms with Gasteiger partial charge in [-0.1, -0.05) is 41.9 Å². The number of halogens is 1. The molecule has 0 amide bonds. The summed E-state index contributed by atoms with van der Waals surface area (Å²) in [6.45, 7) is 1.63. The minimum Gasteiger partial charge on any atom is -0.383 e. The Kier molecular flexibility index (Phi) is 3.03. The molecule has 0 bridgehead atoms. The maximum Gasteiger partial charge on any atom is 0.0740 e. The lowest BCUT2D eigenvalue weighted by Crippen LogP contribution is -2.05. The van der Waals surface area contributed by atoms with Crippen molar-refractivity contribution in [1.29, 1.82) is 0 Å². The summed E-state index contributed by atoms with van der Waals surface area (Å²) in [6, 6.07) is 16.1. The van der Waals surface area contributed by atoms with E-state index < -0.39 is 0 Å². The Labute approximate surface area is 111 Å². The van der Waals surface area contributed by atoms with Crippen LogP contribution in [-0.4, -0.2) is 18.8 Å². The van der Waals surface area contributed by atoms with Crippen LogP contribution in [0.15, 0.2) is 53.5 Å². The SMILES string of the molecule is Clc1ccc2c(c1)C(c1ccccc1)=NCCN2. The molecule has 1 N–H and O–H groups in total. The molecule has 1 aliphatic rings. The molecule has 3 rings (SSSR count). The lowest BCUT2D eigenvalue weighted by atomic mass is 10.0. The number of rotatable bonds is 1. The summed E-state index contributed by atoms with van der Waals surface area (Å²) in [4.78, 5) is 4.67. The van der Waals surface area contributed by atoms with Gasteiger partial charge in [-0.15, -0.1) is 0 Å². The Morgan fingerprint density at radius 3 is 2.72 bits per heavy atom. The average Bonchev–Trinajstić information content (AvgIpc) is 2.61. The fourth-order valence-electron chi connectivity index (χ4n) is 2.15. The van der Waals surface area contributed by atoms with Gasteiger partial charge in [-0.25, -0.2) is 0 Å². The van der Waals surface area contributed by atoms with E-state index in [1.807, 2.05) is 36.4 Å². The van der Waals surface area contributed by atoms with Gasteiger partial charge >= 0.3 is 0 Å². The van der Waals surface area contributed by atoms with Crippen molar-refractivity contribution in [1.82, 2.24) is 0 Å². The molecule has 0 spiro atoms. The molecule has 2 aromatic rings. The van der Waals surface area contributed by atoms with Crippen LogP contribution in [0, 0.1) is 0 Å². The molecule has 0 saturated heterocycles. The molecule has 0 aliphatic carbocycles. The van der Waals surface area contributed by atoms with E-state index in [4.69, 9.17) is 11.6 Å². The van der Waals surface area contributed by atoms with Crippen molar-refractivity contribution in [2.45, 2.75) is 0 Å². The second-order valence-corrected chi connectivity index (χ2v) is 4.65. The molecule has 0 fully saturated rings. The second-order valence-electron chi connectivity index (χ2n) is 4.21. The molecule has 0 atom stereocenters. The van der Waals surface area contributed by atoms with E-state index in [2.05, 4.69) is 22.4 Å². The minimum absolute atomic E-state index is 0.737. The highest BCUT2D eigenvalue weighted by Crippen LogP contribution is 2.25. The predicted octanol–water partition coefficient (Wildman–Crippen LogP) is 3.60. The van der Waals surface area contributed by atoms with Gasteiger partial charge in [0.15, 0.2) is 0 Å². The number of anilines is 1. The number of nitrogens with one attached hydrogen (secondary N) is 1. The minimum atomic E-state index is 0.737. The maximum atomic E-state index is 6.10. The van der Waals surface area contributed by atoms with E-state index in [0.717, 1.165) is 40.6 Å². The second kappa shape index (κ2) is 4.83. The molecule has 2 nitrogen and oxygen atoms in total. The fourth-order valence-corrected chi connectivity index (χ4v) is 2.32. The summed E-state index contributed by atoms with van der Waals surface area (Å²) < 4.78 is 0. The Morgan fingerprint density at radius 1 is 1.06 bits per heavy atom. The van der Waals surface area contributed by atoms with Gasteiger partial charge in [-0.3, -0.25) is 4.99 Å². The van der Waals surface area contributed by atoms with Crippen LogP contribution >= 0.6 is 11.6 Å². The maximum absolute atomic E-state index is 6.10. The Balaban J connectivity index is 2.16. The van der Waals surface area contributed by atoms with Crippen molar-refractivity contribution in [3.05, 3.63) is 64.7 Å². The van der Waals surface area contributed by atoms with Gasteiger partial charge in [0.2, 0.25) is 0 Å². The first-order chi connectivity index (χ1) is 8.84. The highest BCUT2D eigenvalue weighted by Gasteiger charge is 2.14. The molecule has 0 unspecified atom stereocenters. The Bertz CT molecular complexity index is 591. The monoisotopic (exact) mass is 256 g/mol. The highest BCUT2D eigenvalue weighted by atomic mass is 35.5. The normalized spacial score (nSPS) is 14.2. The van der Waals surface area contributed by atoms with E-state index in [-0.39, 0.29) is 0 Å². The van der Waals surface area contributed by atoms with E-state index in [9.17, 15) is 0 Å². The van der Waals surface area contributed by atoms with Crippen LogP contribution < -0.4 is 5.32 Å². The van der Waals surface area contributed by atoms with Crippen molar-refractivity contribution < 1.29 is 0 Å². The topological polar surface area (TPSA) is 24.4 Å². The molecule has 2 aromatic carbocycles. The predicted molar refractivity (Wildman–Crippen MR) is 76.9 cm³/mol. The van der Waals surface area contributed by atoms with E-state index in [1.165, 1.54) is 0 Å². The zero-order valence-electron chi connectivity index (χ0n) is 9.86. The van der Waals surface area contributed by atoms with Crippen LogP contribution in [0.25, 0.3) is 0 Å². The number of benzene rings is 2. The molecular weight excluding hydrogens is 244 g/mol. The standard InChI is InChI=1S/C15H13ClN2/c16-12-6-7-14-13(10-12)15(18-9-8-17-14)11-4-2-1-3-5-11/h1-7,10,17H,8-9H2. The van der Waals surface area contributed by atoms with E-state index in [1.54, 1.807) is 0 Å². The lowest BCUT2D eigenvalue weighted by Gasteiger charge is -2.10. The van der Waals surface area contributed by atoms with Crippen LogP contribution in [0.2, 0.25) is 5.02 Å². The number of nitrogens with zero attached hydrogens (tertiary/aromatic N) is 1. The van der Waals surface area contributed by atoms with Crippen molar-refractivity contribution >= 4 is 23.0 Å². The van der Waals surface area contributed by atoms with Crippen LogP contribution in [0.3, 0.4) is 0 Å². The lowest BCUT2D eigenvalue weighted by molar-refractivity contribution is 1.04. The first kappa shape index (κ1) is 11.3. The van der Waals surface area contributed by atoms with Crippen LogP contribution in [0.1, 0.15) is 11.1 Å². The number of hydrogen-bond acceptors (Lipinski definition) is 2. The quantitative estimate of drug-likeness (QED) is 0.828. The van der Waals surface area contributed by atoms with Crippen molar-refractivity contribution in [2.24, 2.45) is 4.99 Å². The zero-order valence-corrected chi connectivity index (χ0v) is 10.6. The van der Waals surface area contributed by atoms with Crippen LogP contribution in [-0.2, 0) is 0 Å². The molecule has 1 aliphatic heterocycles. The first-order valence-electron chi connectivity index (χ1n) is 5.98. The van der Waals surface area contributed by atoms with Crippen LogP contribution in [0.4, 0.5) is 5.69 Å². The van der Waals surface area contributed by atoms with Gasteiger partial charge in [0.05, 0.1) is 12.3 Å². The molecular formula is C15H13ClN2. The van der Waals surface area contributed by atoms with Crippen molar-refractivity contribution in [2.75, 3.05) is 18.4 Å². The number of benzodiazepines with no additional fused rings is 1. The van der Waals surface area contributed by atoms with Crippen molar-refractivity contribution in [3.63, 3.8) is 0 Å². The molecule has 1 heterocycles. The smallest absolute Gasteiger partial charge is 0.0740 e. The van der Waals surface area contributed by atoms with Crippen molar-refractivity contribution in [3.8, 4) is 0 Å². The number of hydrogen-bond donors (Lipinski definition) is 1. The molecule has 0 aromatic heterocycles. The summed E-state index contributed by atoms with van der Waals surface area (Å²) >= 11 is 6.10. The molecule has 18 heavy (non-hydrogen) atoms. The third-order valence-corrected chi connectivity index (χ3v) is 3.22. The van der Waals surface area contributed by atoms with Gasteiger partial charge < -0.3 is 5.32 Å². The third-order valence-electron chi connectivity index (χ3n) is 2.98. The number of aliphatic imine (C=N–C) groups is 1. The summed E-state index contributed by atoms with van der Waals surface area (Å²) in [5.41, 5.74) is 4.31. The average molecular weight is 257 g/mol. The zero-order chi connectivity index (χ0) is 12.4. The van der Waals surface area contributed by atoms with Gasteiger partial charge in [0.1, 0.15) is 0 Å². The van der Waals surface area contributed by atoms with Gasteiger partial charge in [-0.05, 0) is 18.2 Å². The molecule has 3 heteroatoms. The molecule has 90 valence electrons. The summed E-state index contributed by atoms with van der Waals surface area (Å²) in [5.74, 6) is 0.